The predicted molar refractivity (Wildman–Crippen MR) is 133 cm³/mol. The number of aryl methyl sites for hydroxylation is 1. The van der Waals surface area contributed by atoms with Crippen molar-refractivity contribution in [1.29, 1.82) is 0 Å². The molecule has 0 bridgehead atoms. The number of ketones is 2. The summed E-state index contributed by atoms with van der Waals surface area (Å²) < 4.78 is 2.36. The van der Waals surface area contributed by atoms with Crippen LogP contribution in [-0.4, -0.2) is 11.6 Å². The third-order valence-electron chi connectivity index (χ3n) is 6.85. The number of carbonyl (C=O) groups is 2. The minimum atomic E-state index is 0.0156. The number of aromatic nitrogens is 1. The highest BCUT2D eigenvalue weighted by Crippen LogP contribution is 2.29. The SMILES string of the molecule is CC1=C(CCCCCCCCCC[n+]2cccc3ccccc32)C(=O)c2ccccc2C1=O. The van der Waals surface area contributed by atoms with Gasteiger partial charge >= 0.3 is 0 Å². The van der Waals surface area contributed by atoms with Crippen molar-refractivity contribution in [2.45, 2.75) is 71.3 Å². The lowest BCUT2D eigenvalue weighted by Gasteiger charge is -2.18. The fourth-order valence-electron chi connectivity index (χ4n) is 4.91. The van der Waals surface area contributed by atoms with Crippen molar-refractivity contribution in [2.24, 2.45) is 0 Å². The first-order chi connectivity index (χ1) is 16.2. The first-order valence-corrected chi connectivity index (χ1v) is 12.4. The van der Waals surface area contributed by atoms with Crippen LogP contribution >= 0.6 is 0 Å². The number of benzene rings is 2. The highest BCUT2D eigenvalue weighted by molar-refractivity contribution is 6.26. The van der Waals surface area contributed by atoms with E-state index in [4.69, 9.17) is 0 Å². The molecule has 170 valence electrons. The Kier molecular flexibility index (Phi) is 7.83. The highest BCUT2D eigenvalue weighted by atomic mass is 16.1. The van der Waals surface area contributed by atoms with E-state index in [1.165, 1.54) is 49.4 Å². The number of nitrogens with zero attached hydrogens (tertiary/aromatic N) is 1. The molecule has 33 heavy (non-hydrogen) atoms. The molecule has 0 atom stereocenters. The quantitative estimate of drug-likeness (QED) is 0.237. The molecule has 1 aromatic heterocycles. The van der Waals surface area contributed by atoms with Gasteiger partial charge in [0.1, 0.15) is 6.54 Å². The first-order valence-electron chi connectivity index (χ1n) is 12.4. The number of rotatable bonds is 11. The van der Waals surface area contributed by atoms with E-state index in [0.29, 0.717) is 23.1 Å². The van der Waals surface area contributed by atoms with Gasteiger partial charge in [-0.15, -0.1) is 0 Å². The van der Waals surface area contributed by atoms with Gasteiger partial charge in [0.15, 0.2) is 17.8 Å². The van der Waals surface area contributed by atoms with Crippen molar-refractivity contribution in [1.82, 2.24) is 0 Å². The van der Waals surface area contributed by atoms with Gasteiger partial charge in [0, 0.05) is 46.2 Å². The van der Waals surface area contributed by atoms with Crippen LogP contribution in [0.1, 0.15) is 85.4 Å². The standard InChI is InChI=1S/C30H34NO2/c1-23-25(30(33)27-19-11-10-18-26(27)29(23)32)17-8-6-4-2-3-5-7-13-21-31-22-14-16-24-15-9-12-20-28(24)31/h9-12,14-16,18-20,22H,2-8,13,17,21H2,1H3/q+1. The summed E-state index contributed by atoms with van der Waals surface area (Å²) in [6.07, 6.45) is 12.5. The fraction of sp³-hybridized carbons (Fsp3) is 0.367. The second-order valence-electron chi connectivity index (χ2n) is 9.15. The number of hydrogen-bond acceptors (Lipinski definition) is 2. The van der Waals surface area contributed by atoms with Crippen LogP contribution in [-0.2, 0) is 6.54 Å². The Hall–Kier alpha value is -3.07. The second-order valence-corrected chi connectivity index (χ2v) is 9.15. The summed E-state index contributed by atoms with van der Waals surface area (Å²) in [5, 5.41) is 1.30. The van der Waals surface area contributed by atoms with Gasteiger partial charge in [0.2, 0.25) is 5.52 Å². The fourth-order valence-corrected chi connectivity index (χ4v) is 4.91. The Labute approximate surface area is 197 Å². The van der Waals surface area contributed by atoms with Crippen molar-refractivity contribution in [3.63, 3.8) is 0 Å². The van der Waals surface area contributed by atoms with Crippen LogP contribution in [0, 0.1) is 0 Å². The average molecular weight is 441 g/mol. The van der Waals surface area contributed by atoms with Gasteiger partial charge in [0.25, 0.3) is 0 Å². The van der Waals surface area contributed by atoms with E-state index in [-0.39, 0.29) is 11.6 Å². The molecular formula is C30H34NO2+. The molecule has 0 saturated heterocycles. The topological polar surface area (TPSA) is 38.0 Å². The maximum Gasteiger partial charge on any atom is 0.212 e. The smallest absolute Gasteiger partial charge is 0.212 e. The largest absolute Gasteiger partial charge is 0.289 e. The van der Waals surface area contributed by atoms with Crippen LogP contribution in [0.5, 0.6) is 0 Å². The first kappa shape index (κ1) is 23.1. The molecule has 3 heteroatoms. The molecular weight excluding hydrogens is 406 g/mol. The van der Waals surface area contributed by atoms with Gasteiger partial charge < -0.3 is 0 Å². The highest BCUT2D eigenvalue weighted by Gasteiger charge is 2.28. The molecule has 4 rings (SSSR count). The van der Waals surface area contributed by atoms with Crippen molar-refractivity contribution < 1.29 is 14.2 Å². The van der Waals surface area contributed by atoms with Crippen LogP contribution in [0.15, 0.2) is 78.0 Å². The molecule has 0 unspecified atom stereocenters. The van der Waals surface area contributed by atoms with E-state index < -0.39 is 0 Å². The van der Waals surface area contributed by atoms with E-state index in [1.807, 2.05) is 19.1 Å². The zero-order valence-corrected chi connectivity index (χ0v) is 19.7. The summed E-state index contributed by atoms with van der Waals surface area (Å²) in [6, 6.07) is 20.1. The lowest BCUT2D eigenvalue weighted by molar-refractivity contribution is -0.671. The molecule has 1 aliphatic carbocycles. The molecule has 1 heterocycles. The monoisotopic (exact) mass is 440 g/mol. The van der Waals surface area contributed by atoms with Gasteiger partial charge in [-0.1, -0.05) is 68.5 Å². The Bertz CT molecular complexity index is 1170. The zero-order valence-electron chi connectivity index (χ0n) is 19.7. The van der Waals surface area contributed by atoms with E-state index in [2.05, 4.69) is 47.2 Å². The van der Waals surface area contributed by atoms with Crippen LogP contribution in [0.2, 0.25) is 0 Å². The van der Waals surface area contributed by atoms with E-state index in [1.54, 1.807) is 12.1 Å². The maximum absolute atomic E-state index is 12.8. The summed E-state index contributed by atoms with van der Waals surface area (Å²) in [6.45, 7) is 2.88. The Morgan fingerprint density at radius 1 is 0.636 bits per heavy atom. The number of hydrogen-bond donors (Lipinski definition) is 0. The molecule has 1 aliphatic rings. The van der Waals surface area contributed by atoms with Crippen molar-refractivity contribution in [2.75, 3.05) is 0 Å². The molecule has 0 N–H and O–H groups in total. The minimum absolute atomic E-state index is 0.0156. The van der Waals surface area contributed by atoms with Crippen molar-refractivity contribution in [3.05, 3.63) is 89.1 Å². The average Bonchev–Trinajstić information content (AvgIpc) is 2.85. The number of allylic oxidation sites excluding steroid dienone is 2. The summed E-state index contributed by atoms with van der Waals surface area (Å²) >= 11 is 0. The molecule has 3 aromatic rings. The summed E-state index contributed by atoms with van der Waals surface area (Å²) in [4.78, 5) is 25.4. The Morgan fingerprint density at radius 3 is 1.97 bits per heavy atom. The van der Waals surface area contributed by atoms with E-state index in [9.17, 15) is 9.59 Å². The molecule has 0 radical (unpaired) electrons. The molecule has 0 aliphatic heterocycles. The van der Waals surface area contributed by atoms with Crippen LogP contribution in [0.25, 0.3) is 10.9 Å². The third kappa shape index (κ3) is 5.47. The molecule has 0 spiro atoms. The number of unbranched alkanes of at least 4 members (excludes halogenated alkanes) is 7. The van der Waals surface area contributed by atoms with Gasteiger partial charge in [0.05, 0.1) is 0 Å². The second kappa shape index (κ2) is 11.2. The number of pyridine rings is 1. The lowest BCUT2D eigenvalue weighted by atomic mass is 9.82. The molecule has 0 fully saturated rings. The Balaban J connectivity index is 1.11. The summed E-state index contributed by atoms with van der Waals surface area (Å²) in [7, 11) is 0. The van der Waals surface area contributed by atoms with Gasteiger partial charge in [-0.2, -0.15) is 4.57 Å². The number of carbonyl (C=O) groups excluding carboxylic acids is 2. The normalized spacial score (nSPS) is 13.6. The van der Waals surface area contributed by atoms with Gasteiger partial charge in [-0.05, 0) is 38.3 Å². The number of para-hydroxylation sites is 1. The lowest BCUT2D eigenvalue weighted by Crippen LogP contribution is -2.33. The molecule has 2 aromatic carbocycles. The predicted octanol–water partition coefficient (Wildman–Crippen LogP) is 7.03. The third-order valence-corrected chi connectivity index (χ3v) is 6.85. The maximum atomic E-state index is 12.8. The van der Waals surface area contributed by atoms with Crippen molar-refractivity contribution >= 4 is 22.5 Å². The van der Waals surface area contributed by atoms with Gasteiger partial charge in [-0.25, -0.2) is 0 Å². The Morgan fingerprint density at radius 2 is 1.21 bits per heavy atom. The zero-order chi connectivity index (χ0) is 23.0. The van der Waals surface area contributed by atoms with E-state index in [0.717, 1.165) is 25.0 Å². The molecule has 0 amide bonds. The van der Waals surface area contributed by atoms with E-state index >= 15 is 0 Å². The van der Waals surface area contributed by atoms with Crippen LogP contribution in [0.4, 0.5) is 0 Å². The van der Waals surface area contributed by atoms with Crippen LogP contribution < -0.4 is 4.57 Å². The summed E-state index contributed by atoms with van der Waals surface area (Å²) in [5.74, 6) is 0.0635. The van der Waals surface area contributed by atoms with Crippen molar-refractivity contribution in [3.8, 4) is 0 Å². The molecule has 3 nitrogen and oxygen atoms in total. The van der Waals surface area contributed by atoms with Crippen LogP contribution in [0.3, 0.4) is 0 Å². The number of fused-ring (bicyclic) bond motifs is 2. The number of Topliss-reactive ketones (excluding diaryl/α,β-unsaturated/α-hetero) is 2. The van der Waals surface area contributed by atoms with Gasteiger partial charge in [-0.3, -0.25) is 9.59 Å². The molecule has 0 saturated carbocycles. The minimum Gasteiger partial charge on any atom is -0.289 e. The summed E-state index contributed by atoms with van der Waals surface area (Å²) in [5.41, 5.74) is 3.81.